The Hall–Kier alpha value is -1.75. The molecule has 0 aromatic heterocycles. The Morgan fingerprint density at radius 1 is 1.30 bits per heavy atom. The summed E-state index contributed by atoms with van der Waals surface area (Å²) >= 11 is 0. The minimum absolute atomic E-state index is 0.00206. The number of carbonyl (C=O) groups excluding carboxylic acids is 1. The number of carbonyl (C=O) groups is 1. The van der Waals surface area contributed by atoms with Crippen molar-refractivity contribution in [3.05, 3.63) is 23.8 Å². The van der Waals surface area contributed by atoms with Gasteiger partial charge in [-0.25, -0.2) is 0 Å². The lowest BCUT2D eigenvalue weighted by Gasteiger charge is -2.19. The maximum Gasteiger partial charge on any atom is 0.224 e. The number of hydrogen-bond acceptors (Lipinski definition) is 4. The average Bonchev–Trinajstić information content (AvgIpc) is 3.29. The molecule has 20 heavy (non-hydrogen) atoms. The van der Waals surface area contributed by atoms with Crippen LogP contribution in [-0.4, -0.2) is 31.7 Å². The summed E-state index contributed by atoms with van der Waals surface area (Å²) < 4.78 is 11.0. The fourth-order valence-electron chi connectivity index (χ4n) is 2.37. The lowest BCUT2D eigenvalue weighted by atomic mass is 10.1. The number of amides is 1. The molecule has 1 fully saturated rings. The number of hydrogen-bond donors (Lipinski definition) is 2. The molecule has 2 aliphatic rings. The van der Waals surface area contributed by atoms with E-state index >= 15 is 0 Å². The molecule has 1 aromatic carbocycles. The van der Waals surface area contributed by atoms with E-state index in [1.807, 2.05) is 18.2 Å². The highest BCUT2D eigenvalue weighted by molar-refractivity contribution is 5.78. The molecule has 0 spiro atoms. The summed E-state index contributed by atoms with van der Waals surface area (Å²) in [4.78, 5) is 11.9. The van der Waals surface area contributed by atoms with E-state index in [2.05, 4.69) is 5.32 Å². The van der Waals surface area contributed by atoms with Gasteiger partial charge in [-0.15, -0.1) is 0 Å². The van der Waals surface area contributed by atoms with Crippen molar-refractivity contribution in [1.29, 1.82) is 0 Å². The van der Waals surface area contributed by atoms with Gasteiger partial charge in [0.1, 0.15) is 13.2 Å². The van der Waals surface area contributed by atoms with Gasteiger partial charge in [-0.05, 0) is 36.5 Å². The first-order valence-electron chi connectivity index (χ1n) is 7.13. The third-order valence-corrected chi connectivity index (χ3v) is 3.73. The molecule has 3 rings (SSSR count). The molecule has 0 bridgehead atoms. The lowest BCUT2D eigenvalue weighted by Crippen LogP contribution is -2.39. The normalized spacial score (nSPS) is 18.4. The highest BCUT2D eigenvalue weighted by atomic mass is 16.6. The van der Waals surface area contributed by atoms with Gasteiger partial charge in [0.15, 0.2) is 11.5 Å². The summed E-state index contributed by atoms with van der Waals surface area (Å²) in [5, 5.41) is 2.90. The van der Waals surface area contributed by atoms with Gasteiger partial charge >= 0.3 is 0 Å². The zero-order valence-electron chi connectivity index (χ0n) is 11.4. The van der Waals surface area contributed by atoms with E-state index in [-0.39, 0.29) is 11.9 Å². The monoisotopic (exact) mass is 276 g/mol. The average molecular weight is 276 g/mol. The predicted molar refractivity (Wildman–Crippen MR) is 74.8 cm³/mol. The standard InChI is InChI=1S/C15H20N2O3/c16-12(11-2-3-11)9-17-15(18)8-10-1-4-13-14(7-10)20-6-5-19-13/h1,4,7,11-12H,2-3,5-6,8-9,16H2,(H,17,18). The number of ether oxygens (including phenoxy) is 2. The molecule has 1 heterocycles. The van der Waals surface area contributed by atoms with E-state index in [0.717, 1.165) is 17.1 Å². The Morgan fingerprint density at radius 3 is 2.80 bits per heavy atom. The number of benzene rings is 1. The predicted octanol–water partition coefficient (Wildman–Crippen LogP) is 0.854. The first-order valence-corrected chi connectivity index (χ1v) is 7.13. The summed E-state index contributed by atoms with van der Waals surface area (Å²) in [7, 11) is 0. The van der Waals surface area contributed by atoms with Crippen LogP contribution in [0.5, 0.6) is 11.5 Å². The van der Waals surface area contributed by atoms with Crippen LogP contribution in [0.2, 0.25) is 0 Å². The number of rotatable bonds is 5. The van der Waals surface area contributed by atoms with Crippen molar-refractivity contribution in [3.8, 4) is 11.5 Å². The van der Waals surface area contributed by atoms with Crippen LogP contribution in [0.25, 0.3) is 0 Å². The minimum atomic E-state index is -0.00206. The molecule has 1 aliphatic carbocycles. The van der Waals surface area contributed by atoms with Gasteiger partial charge in [-0.1, -0.05) is 6.07 Å². The Kier molecular flexibility index (Phi) is 3.78. The van der Waals surface area contributed by atoms with Gasteiger partial charge in [-0.2, -0.15) is 0 Å². The minimum Gasteiger partial charge on any atom is -0.486 e. The van der Waals surface area contributed by atoms with Crippen LogP contribution in [0, 0.1) is 5.92 Å². The third kappa shape index (κ3) is 3.22. The van der Waals surface area contributed by atoms with Crippen molar-refractivity contribution in [1.82, 2.24) is 5.32 Å². The second-order valence-corrected chi connectivity index (χ2v) is 5.46. The zero-order chi connectivity index (χ0) is 13.9. The van der Waals surface area contributed by atoms with Gasteiger partial charge < -0.3 is 20.5 Å². The molecule has 5 heteroatoms. The molecule has 1 aromatic rings. The molecule has 5 nitrogen and oxygen atoms in total. The maximum absolute atomic E-state index is 11.9. The van der Waals surface area contributed by atoms with Crippen molar-refractivity contribution in [2.24, 2.45) is 11.7 Å². The van der Waals surface area contributed by atoms with E-state index in [9.17, 15) is 4.79 Å². The van der Waals surface area contributed by atoms with Crippen molar-refractivity contribution >= 4 is 5.91 Å². The second-order valence-electron chi connectivity index (χ2n) is 5.46. The summed E-state index contributed by atoms with van der Waals surface area (Å²) in [6.45, 7) is 1.69. The molecule has 1 amide bonds. The van der Waals surface area contributed by atoms with Crippen LogP contribution in [-0.2, 0) is 11.2 Å². The highest BCUT2D eigenvalue weighted by Gasteiger charge is 2.28. The zero-order valence-corrected chi connectivity index (χ0v) is 11.4. The number of fused-ring (bicyclic) bond motifs is 1. The fourth-order valence-corrected chi connectivity index (χ4v) is 2.37. The second kappa shape index (κ2) is 5.71. The molecule has 1 atom stereocenters. The van der Waals surface area contributed by atoms with E-state index in [0.29, 0.717) is 32.1 Å². The first-order chi connectivity index (χ1) is 9.72. The molecular formula is C15H20N2O3. The van der Waals surface area contributed by atoms with Crippen molar-refractivity contribution < 1.29 is 14.3 Å². The smallest absolute Gasteiger partial charge is 0.224 e. The van der Waals surface area contributed by atoms with Gasteiger partial charge in [0.25, 0.3) is 0 Å². The largest absolute Gasteiger partial charge is 0.486 e. The van der Waals surface area contributed by atoms with Crippen LogP contribution in [0.1, 0.15) is 18.4 Å². The van der Waals surface area contributed by atoms with E-state index in [1.165, 1.54) is 12.8 Å². The summed E-state index contributed by atoms with van der Waals surface area (Å²) in [5.41, 5.74) is 6.88. The van der Waals surface area contributed by atoms with Crippen molar-refractivity contribution in [3.63, 3.8) is 0 Å². The molecule has 0 saturated heterocycles. The molecule has 3 N–H and O–H groups in total. The van der Waals surface area contributed by atoms with E-state index < -0.39 is 0 Å². The number of nitrogens with two attached hydrogens (primary N) is 1. The molecule has 0 radical (unpaired) electrons. The quantitative estimate of drug-likeness (QED) is 0.836. The van der Waals surface area contributed by atoms with Crippen LogP contribution < -0.4 is 20.5 Å². The molecule has 1 saturated carbocycles. The van der Waals surface area contributed by atoms with Gasteiger partial charge in [0.2, 0.25) is 5.91 Å². The van der Waals surface area contributed by atoms with Crippen LogP contribution in [0.15, 0.2) is 18.2 Å². The summed E-state index contributed by atoms with van der Waals surface area (Å²) in [5.74, 6) is 2.06. The van der Waals surface area contributed by atoms with Crippen LogP contribution in [0.3, 0.4) is 0 Å². The maximum atomic E-state index is 11.9. The van der Waals surface area contributed by atoms with Gasteiger partial charge in [-0.3, -0.25) is 4.79 Å². The van der Waals surface area contributed by atoms with Gasteiger partial charge in [0, 0.05) is 12.6 Å². The lowest BCUT2D eigenvalue weighted by molar-refractivity contribution is -0.120. The Labute approximate surface area is 118 Å². The molecular weight excluding hydrogens is 256 g/mol. The van der Waals surface area contributed by atoms with E-state index in [4.69, 9.17) is 15.2 Å². The summed E-state index contributed by atoms with van der Waals surface area (Å²) in [6.07, 6.45) is 2.73. The van der Waals surface area contributed by atoms with Gasteiger partial charge in [0.05, 0.1) is 6.42 Å². The SMILES string of the molecule is NC(CNC(=O)Cc1ccc2c(c1)OCCO2)C1CC1. The number of nitrogens with one attached hydrogen (secondary N) is 1. The van der Waals surface area contributed by atoms with Crippen LogP contribution in [0.4, 0.5) is 0 Å². The third-order valence-electron chi connectivity index (χ3n) is 3.73. The Balaban J connectivity index is 1.52. The van der Waals surface area contributed by atoms with Crippen LogP contribution >= 0.6 is 0 Å². The molecule has 108 valence electrons. The first kappa shape index (κ1) is 13.2. The molecule has 1 aliphatic heterocycles. The highest BCUT2D eigenvalue weighted by Crippen LogP contribution is 2.31. The fraction of sp³-hybridized carbons (Fsp3) is 0.533. The van der Waals surface area contributed by atoms with Crippen molar-refractivity contribution in [2.75, 3.05) is 19.8 Å². The molecule has 1 unspecified atom stereocenters. The summed E-state index contributed by atoms with van der Waals surface area (Å²) in [6, 6.07) is 5.72. The Bertz CT molecular complexity index is 500. The topological polar surface area (TPSA) is 73.6 Å². The van der Waals surface area contributed by atoms with E-state index in [1.54, 1.807) is 0 Å². The Morgan fingerprint density at radius 2 is 2.05 bits per heavy atom. The van der Waals surface area contributed by atoms with Crippen molar-refractivity contribution in [2.45, 2.75) is 25.3 Å².